The SMILES string of the molecule is C[C@H]1C2=C[C@H](C3(C)CO3)CC[C@@]2(C)C=C[C@@H]1OP(=O)(N(C)C)N(C)C. The van der Waals surface area contributed by atoms with Gasteiger partial charge in [-0.2, -0.15) is 0 Å². The van der Waals surface area contributed by atoms with Crippen molar-refractivity contribution in [3.8, 4) is 0 Å². The van der Waals surface area contributed by atoms with E-state index in [2.05, 4.69) is 39.0 Å². The molecule has 0 radical (unpaired) electrons. The molecule has 1 heterocycles. The van der Waals surface area contributed by atoms with Crippen LogP contribution in [-0.2, 0) is 13.8 Å². The van der Waals surface area contributed by atoms with Gasteiger partial charge in [-0.05, 0) is 48.0 Å². The van der Waals surface area contributed by atoms with Gasteiger partial charge in [-0.15, -0.1) is 0 Å². The fourth-order valence-electron chi connectivity index (χ4n) is 4.23. The summed E-state index contributed by atoms with van der Waals surface area (Å²) in [5.41, 5.74) is 1.52. The third kappa shape index (κ3) is 3.30. The second kappa shape index (κ2) is 6.31. The van der Waals surface area contributed by atoms with Crippen LogP contribution < -0.4 is 0 Å². The minimum absolute atomic E-state index is 0.0220. The van der Waals surface area contributed by atoms with Gasteiger partial charge in [-0.25, -0.2) is 9.34 Å². The Morgan fingerprint density at radius 1 is 1.24 bits per heavy atom. The molecule has 3 rings (SSSR count). The van der Waals surface area contributed by atoms with Crippen molar-refractivity contribution in [1.82, 2.24) is 9.34 Å². The number of rotatable bonds is 5. The lowest BCUT2D eigenvalue weighted by Crippen LogP contribution is -2.39. The molecule has 1 unspecified atom stereocenters. The van der Waals surface area contributed by atoms with Crippen LogP contribution in [0, 0.1) is 17.3 Å². The van der Waals surface area contributed by atoms with Gasteiger partial charge in [0.15, 0.2) is 0 Å². The molecule has 1 aliphatic heterocycles. The topological polar surface area (TPSA) is 45.3 Å². The van der Waals surface area contributed by atoms with Gasteiger partial charge in [0.05, 0.1) is 18.3 Å². The number of hydrogen-bond donors (Lipinski definition) is 0. The second-order valence-corrected chi connectivity index (χ2v) is 11.5. The first-order valence-electron chi connectivity index (χ1n) is 9.21. The highest BCUT2D eigenvalue weighted by atomic mass is 31.2. The van der Waals surface area contributed by atoms with E-state index in [9.17, 15) is 4.57 Å². The first-order valence-corrected chi connectivity index (χ1v) is 10.7. The van der Waals surface area contributed by atoms with Crippen LogP contribution in [0.1, 0.15) is 33.6 Å². The highest BCUT2D eigenvalue weighted by Crippen LogP contribution is 2.57. The molecule has 3 aliphatic rings. The minimum Gasteiger partial charge on any atom is -0.369 e. The van der Waals surface area contributed by atoms with E-state index in [0.717, 1.165) is 19.4 Å². The Kier molecular flexibility index (Phi) is 4.88. The molecule has 0 saturated carbocycles. The molecule has 0 aromatic heterocycles. The highest BCUT2D eigenvalue weighted by Gasteiger charge is 2.50. The molecule has 0 amide bonds. The van der Waals surface area contributed by atoms with Crippen LogP contribution in [0.4, 0.5) is 0 Å². The van der Waals surface area contributed by atoms with Crippen molar-refractivity contribution in [2.75, 3.05) is 34.8 Å². The summed E-state index contributed by atoms with van der Waals surface area (Å²) in [5.74, 6) is 0.674. The standard InChI is InChI=1S/C19H33N2O3P/c1-14-16-12-15(19(3)13-23-19)8-10-18(16,2)11-9-17(14)24-25(22,20(4)5)21(6)7/h9,11-12,14-15,17H,8,10,13H2,1-7H3/t14-,15+,17-,18-,19?/m0/s1. The van der Waals surface area contributed by atoms with Gasteiger partial charge in [0.1, 0.15) is 0 Å². The quantitative estimate of drug-likeness (QED) is 0.418. The molecular formula is C19H33N2O3P. The number of allylic oxidation sites excluding steroid dienone is 1. The van der Waals surface area contributed by atoms with Gasteiger partial charge < -0.3 is 4.74 Å². The van der Waals surface area contributed by atoms with E-state index in [1.807, 2.05) is 28.2 Å². The Balaban J connectivity index is 1.88. The zero-order chi connectivity index (χ0) is 18.6. The summed E-state index contributed by atoms with van der Waals surface area (Å²) < 4.78 is 28.5. The van der Waals surface area contributed by atoms with Crippen LogP contribution in [0.2, 0.25) is 0 Å². The van der Waals surface area contributed by atoms with Gasteiger partial charge in [0.25, 0.3) is 0 Å². The molecule has 1 saturated heterocycles. The third-order valence-corrected chi connectivity index (χ3v) is 8.85. The summed E-state index contributed by atoms with van der Waals surface area (Å²) in [4.78, 5) is 0. The van der Waals surface area contributed by atoms with Crippen molar-refractivity contribution in [3.63, 3.8) is 0 Å². The van der Waals surface area contributed by atoms with Gasteiger partial charge in [0, 0.05) is 17.3 Å². The second-order valence-electron chi connectivity index (χ2n) is 8.69. The van der Waals surface area contributed by atoms with Gasteiger partial charge in [-0.1, -0.05) is 37.6 Å². The molecule has 5 nitrogen and oxygen atoms in total. The first-order chi connectivity index (χ1) is 11.5. The van der Waals surface area contributed by atoms with Gasteiger partial charge in [-0.3, -0.25) is 9.09 Å². The lowest BCUT2D eigenvalue weighted by molar-refractivity contribution is 0.141. The van der Waals surface area contributed by atoms with Crippen molar-refractivity contribution in [3.05, 3.63) is 23.8 Å². The van der Waals surface area contributed by atoms with Crippen molar-refractivity contribution >= 4 is 7.67 Å². The zero-order valence-electron chi connectivity index (χ0n) is 16.7. The first kappa shape index (κ1) is 19.3. The lowest BCUT2D eigenvalue weighted by Gasteiger charge is -2.45. The van der Waals surface area contributed by atoms with E-state index in [1.54, 1.807) is 9.34 Å². The van der Waals surface area contributed by atoms with Crippen LogP contribution in [-0.4, -0.2) is 55.8 Å². The molecule has 0 spiro atoms. The Morgan fingerprint density at radius 3 is 2.36 bits per heavy atom. The Hall–Kier alpha value is -0.450. The van der Waals surface area contributed by atoms with Gasteiger partial charge >= 0.3 is 7.67 Å². The number of hydrogen-bond acceptors (Lipinski definition) is 3. The number of nitrogens with zero attached hydrogens (tertiary/aromatic N) is 2. The smallest absolute Gasteiger partial charge is 0.345 e. The summed E-state index contributed by atoms with van der Waals surface area (Å²) in [6.45, 7) is 7.58. The Morgan fingerprint density at radius 2 is 1.84 bits per heavy atom. The van der Waals surface area contributed by atoms with E-state index >= 15 is 0 Å². The molecule has 142 valence electrons. The molecule has 2 aliphatic carbocycles. The predicted molar refractivity (Wildman–Crippen MR) is 101 cm³/mol. The summed E-state index contributed by atoms with van der Waals surface area (Å²) >= 11 is 0. The van der Waals surface area contributed by atoms with E-state index in [1.165, 1.54) is 5.57 Å². The summed E-state index contributed by atoms with van der Waals surface area (Å²) in [7, 11) is 4.22. The molecule has 0 N–H and O–H groups in total. The summed E-state index contributed by atoms with van der Waals surface area (Å²) in [6.07, 6.45) is 8.93. The zero-order valence-corrected chi connectivity index (χ0v) is 17.5. The molecule has 6 heteroatoms. The molecule has 0 aromatic rings. The van der Waals surface area contributed by atoms with Crippen LogP contribution in [0.25, 0.3) is 0 Å². The normalized spacial score (nSPS) is 41.0. The number of ether oxygens (including phenoxy) is 1. The monoisotopic (exact) mass is 368 g/mol. The number of epoxide rings is 1. The number of fused-ring (bicyclic) bond motifs is 1. The van der Waals surface area contributed by atoms with E-state index < -0.39 is 7.67 Å². The molecule has 0 aromatic carbocycles. The van der Waals surface area contributed by atoms with Crippen LogP contribution in [0.3, 0.4) is 0 Å². The van der Waals surface area contributed by atoms with Crippen molar-refractivity contribution in [2.45, 2.75) is 45.3 Å². The molecule has 0 bridgehead atoms. The predicted octanol–water partition coefficient (Wildman–Crippen LogP) is 3.94. The molecule has 5 atom stereocenters. The third-order valence-electron chi connectivity index (χ3n) is 6.31. The van der Waals surface area contributed by atoms with Crippen LogP contribution >= 0.6 is 7.67 Å². The van der Waals surface area contributed by atoms with E-state index in [-0.39, 0.29) is 23.0 Å². The van der Waals surface area contributed by atoms with Gasteiger partial charge in [0.2, 0.25) is 0 Å². The maximum Gasteiger partial charge on any atom is 0.345 e. The largest absolute Gasteiger partial charge is 0.369 e. The van der Waals surface area contributed by atoms with Crippen molar-refractivity contribution in [1.29, 1.82) is 0 Å². The minimum atomic E-state index is -3.01. The average molecular weight is 368 g/mol. The maximum atomic E-state index is 13.3. The van der Waals surface area contributed by atoms with E-state index in [0.29, 0.717) is 5.92 Å². The fraction of sp³-hybridized carbons (Fsp3) is 0.789. The highest BCUT2D eigenvalue weighted by molar-refractivity contribution is 7.53. The molecular weight excluding hydrogens is 335 g/mol. The average Bonchev–Trinajstić information content (AvgIpc) is 3.28. The fourth-order valence-corrected chi connectivity index (χ4v) is 5.90. The van der Waals surface area contributed by atoms with Crippen molar-refractivity contribution in [2.24, 2.45) is 17.3 Å². The molecule has 1 fully saturated rings. The molecule has 25 heavy (non-hydrogen) atoms. The van der Waals surface area contributed by atoms with Crippen LogP contribution in [0.5, 0.6) is 0 Å². The maximum absolute atomic E-state index is 13.3. The summed E-state index contributed by atoms with van der Waals surface area (Å²) in [5, 5.41) is 0. The van der Waals surface area contributed by atoms with Crippen molar-refractivity contribution < 1.29 is 13.8 Å². The van der Waals surface area contributed by atoms with Crippen LogP contribution in [0.15, 0.2) is 23.8 Å². The lowest BCUT2D eigenvalue weighted by atomic mass is 9.62. The Labute approximate surface area is 152 Å². The Bertz CT molecular complexity index is 627. The van der Waals surface area contributed by atoms with E-state index in [4.69, 9.17) is 9.26 Å². The summed E-state index contributed by atoms with van der Waals surface area (Å²) in [6, 6.07) is 0.